The van der Waals surface area contributed by atoms with E-state index in [2.05, 4.69) is 6.92 Å². The van der Waals surface area contributed by atoms with Gasteiger partial charge < -0.3 is 10.2 Å². The molecular formula is C21H35FO2. The van der Waals surface area contributed by atoms with E-state index in [4.69, 9.17) is 0 Å². The lowest BCUT2D eigenvalue weighted by molar-refractivity contribution is -0.164. The minimum atomic E-state index is -1.03. The molecule has 8 atom stereocenters. The molecule has 4 saturated carbocycles. The van der Waals surface area contributed by atoms with Crippen molar-refractivity contribution in [3.63, 3.8) is 0 Å². The molecule has 0 aromatic heterocycles. The van der Waals surface area contributed by atoms with E-state index >= 15 is 4.39 Å². The Morgan fingerprint density at radius 1 is 0.958 bits per heavy atom. The van der Waals surface area contributed by atoms with Crippen LogP contribution in [0.3, 0.4) is 0 Å². The summed E-state index contributed by atoms with van der Waals surface area (Å²) < 4.78 is 16.2. The first-order valence-corrected chi connectivity index (χ1v) is 10.3. The average Bonchev–Trinajstić information content (AvgIpc) is 2.85. The van der Waals surface area contributed by atoms with Gasteiger partial charge in [0.15, 0.2) is 0 Å². The standard InChI is InChI=1S/C21H35FO2/c1-19(24)10-11-21(22)15(13-19)3-5-16-17-6-4-14(8-12-23)20(17,2)9-7-18(16)21/h14-18,23-24H,3-13H2,1-2H3/t14?,15-,16+,17+,18?,19-,20+,21-/m1/s1. The molecule has 2 N–H and O–H groups in total. The summed E-state index contributed by atoms with van der Waals surface area (Å²) >= 11 is 0. The fraction of sp³-hybridized carbons (Fsp3) is 1.00. The van der Waals surface area contributed by atoms with Crippen molar-refractivity contribution in [2.45, 2.75) is 89.3 Å². The number of alkyl halides is 1. The largest absolute Gasteiger partial charge is 0.396 e. The Morgan fingerprint density at radius 3 is 2.50 bits per heavy atom. The van der Waals surface area contributed by atoms with Crippen LogP contribution >= 0.6 is 0 Å². The molecule has 0 aromatic rings. The summed E-state index contributed by atoms with van der Waals surface area (Å²) in [6.07, 6.45) is 9.51. The molecule has 0 radical (unpaired) electrons. The highest BCUT2D eigenvalue weighted by atomic mass is 19.1. The second-order valence-corrected chi connectivity index (χ2v) is 10.1. The lowest BCUT2D eigenvalue weighted by atomic mass is 9.48. The van der Waals surface area contributed by atoms with Gasteiger partial charge in [0.1, 0.15) is 5.67 Å². The first-order valence-electron chi connectivity index (χ1n) is 10.3. The van der Waals surface area contributed by atoms with Crippen LogP contribution in [-0.2, 0) is 0 Å². The molecule has 0 aliphatic heterocycles. The fourth-order valence-corrected chi connectivity index (χ4v) is 7.72. The molecule has 4 fully saturated rings. The van der Waals surface area contributed by atoms with E-state index in [0.29, 0.717) is 49.0 Å². The van der Waals surface area contributed by atoms with E-state index in [1.807, 2.05) is 6.92 Å². The Kier molecular flexibility index (Phi) is 4.08. The molecule has 0 heterocycles. The van der Waals surface area contributed by atoms with Crippen LogP contribution in [0.15, 0.2) is 0 Å². The van der Waals surface area contributed by atoms with Crippen molar-refractivity contribution in [3.05, 3.63) is 0 Å². The smallest absolute Gasteiger partial charge is 0.117 e. The number of aliphatic hydroxyl groups excluding tert-OH is 1. The van der Waals surface area contributed by atoms with Crippen molar-refractivity contribution in [1.29, 1.82) is 0 Å². The number of halogens is 1. The van der Waals surface area contributed by atoms with Crippen molar-refractivity contribution in [1.82, 2.24) is 0 Å². The number of hydrogen-bond acceptors (Lipinski definition) is 2. The third-order valence-corrected chi connectivity index (χ3v) is 8.99. The van der Waals surface area contributed by atoms with Gasteiger partial charge >= 0.3 is 0 Å². The summed E-state index contributed by atoms with van der Waals surface area (Å²) in [6, 6.07) is 0. The Labute approximate surface area is 146 Å². The monoisotopic (exact) mass is 338 g/mol. The summed E-state index contributed by atoms with van der Waals surface area (Å²) in [7, 11) is 0. The maximum atomic E-state index is 16.2. The fourth-order valence-electron chi connectivity index (χ4n) is 7.72. The molecule has 4 aliphatic rings. The highest BCUT2D eigenvalue weighted by Crippen LogP contribution is 2.66. The van der Waals surface area contributed by atoms with Crippen molar-refractivity contribution < 1.29 is 14.6 Å². The molecule has 0 bridgehead atoms. The molecular weight excluding hydrogens is 303 g/mol. The van der Waals surface area contributed by atoms with Gasteiger partial charge in [0.25, 0.3) is 0 Å². The average molecular weight is 339 g/mol. The second-order valence-electron chi connectivity index (χ2n) is 10.1. The predicted octanol–water partition coefficient (Wildman–Crippen LogP) is 4.48. The van der Waals surface area contributed by atoms with E-state index in [1.165, 1.54) is 12.8 Å². The minimum absolute atomic E-state index is 0.0708. The van der Waals surface area contributed by atoms with E-state index in [9.17, 15) is 10.2 Å². The van der Waals surface area contributed by atoms with Crippen LogP contribution in [0.2, 0.25) is 0 Å². The SMILES string of the molecule is C[C@@]1(O)CC[C@]2(F)C3CC[C@@]4(C)C(CCO)CC[C@H]4[C@@H]3CC[C@@H]2C1. The van der Waals surface area contributed by atoms with Gasteiger partial charge in [-0.25, -0.2) is 4.39 Å². The van der Waals surface area contributed by atoms with Gasteiger partial charge in [0.2, 0.25) is 0 Å². The molecule has 0 saturated heterocycles. The van der Waals surface area contributed by atoms with Crippen molar-refractivity contribution in [3.8, 4) is 0 Å². The van der Waals surface area contributed by atoms with Crippen LogP contribution in [0.5, 0.6) is 0 Å². The minimum Gasteiger partial charge on any atom is -0.396 e. The van der Waals surface area contributed by atoms with Crippen LogP contribution in [0.25, 0.3) is 0 Å². The third kappa shape index (κ3) is 2.40. The lowest BCUT2D eigenvalue weighted by Gasteiger charge is -2.59. The van der Waals surface area contributed by atoms with Crippen LogP contribution < -0.4 is 0 Å². The Hall–Kier alpha value is -0.150. The predicted molar refractivity (Wildman–Crippen MR) is 93.3 cm³/mol. The van der Waals surface area contributed by atoms with Crippen LogP contribution in [-0.4, -0.2) is 28.1 Å². The summed E-state index contributed by atoms with van der Waals surface area (Å²) in [5.74, 6) is 2.12. The molecule has 2 unspecified atom stereocenters. The second kappa shape index (κ2) is 5.67. The normalized spacial score (nSPS) is 57.1. The molecule has 3 heteroatoms. The maximum absolute atomic E-state index is 16.2. The first kappa shape index (κ1) is 17.3. The topological polar surface area (TPSA) is 40.5 Å². The van der Waals surface area contributed by atoms with Crippen LogP contribution in [0.1, 0.15) is 78.1 Å². The van der Waals surface area contributed by atoms with Gasteiger partial charge in [-0.3, -0.25) is 0 Å². The van der Waals surface area contributed by atoms with Gasteiger partial charge in [0.05, 0.1) is 5.60 Å². The summed E-state index contributed by atoms with van der Waals surface area (Å²) in [5, 5.41) is 19.8. The Balaban J connectivity index is 1.58. The summed E-state index contributed by atoms with van der Waals surface area (Å²) in [6.45, 7) is 4.63. The van der Waals surface area contributed by atoms with Gasteiger partial charge in [0, 0.05) is 6.61 Å². The number of rotatable bonds is 2. The maximum Gasteiger partial charge on any atom is 0.117 e. The molecule has 4 aliphatic carbocycles. The lowest BCUT2D eigenvalue weighted by Crippen LogP contribution is -2.58. The molecule has 0 spiro atoms. The van der Waals surface area contributed by atoms with Gasteiger partial charge in [-0.15, -0.1) is 0 Å². The molecule has 4 rings (SSSR count). The summed E-state index contributed by atoms with van der Waals surface area (Å²) in [4.78, 5) is 0. The van der Waals surface area contributed by atoms with Crippen LogP contribution in [0.4, 0.5) is 4.39 Å². The third-order valence-electron chi connectivity index (χ3n) is 8.99. The van der Waals surface area contributed by atoms with E-state index < -0.39 is 11.3 Å². The number of fused-ring (bicyclic) bond motifs is 5. The molecule has 138 valence electrons. The van der Waals surface area contributed by atoms with Crippen molar-refractivity contribution in [2.24, 2.45) is 35.0 Å². The van der Waals surface area contributed by atoms with E-state index in [0.717, 1.165) is 32.1 Å². The van der Waals surface area contributed by atoms with Crippen LogP contribution in [0, 0.1) is 35.0 Å². The van der Waals surface area contributed by atoms with E-state index in [-0.39, 0.29) is 11.8 Å². The quantitative estimate of drug-likeness (QED) is 0.779. The molecule has 2 nitrogen and oxygen atoms in total. The van der Waals surface area contributed by atoms with Gasteiger partial charge in [-0.1, -0.05) is 6.92 Å². The summed E-state index contributed by atoms with van der Waals surface area (Å²) in [5.41, 5.74) is -1.36. The molecule has 0 aromatic carbocycles. The highest BCUT2D eigenvalue weighted by Gasteiger charge is 2.62. The zero-order chi connectivity index (χ0) is 17.2. The van der Waals surface area contributed by atoms with Crippen molar-refractivity contribution >= 4 is 0 Å². The number of hydrogen-bond donors (Lipinski definition) is 2. The van der Waals surface area contributed by atoms with Crippen molar-refractivity contribution in [2.75, 3.05) is 6.61 Å². The highest BCUT2D eigenvalue weighted by molar-refractivity contribution is 5.12. The molecule has 0 amide bonds. The Bertz CT molecular complexity index is 492. The number of aliphatic hydroxyl groups is 2. The Morgan fingerprint density at radius 2 is 1.75 bits per heavy atom. The molecule has 24 heavy (non-hydrogen) atoms. The van der Waals surface area contributed by atoms with Gasteiger partial charge in [-0.05, 0) is 106 Å². The van der Waals surface area contributed by atoms with Gasteiger partial charge in [-0.2, -0.15) is 0 Å². The zero-order valence-electron chi connectivity index (χ0n) is 15.4. The van der Waals surface area contributed by atoms with E-state index in [1.54, 1.807) is 0 Å². The zero-order valence-corrected chi connectivity index (χ0v) is 15.4. The first-order chi connectivity index (χ1) is 11.3.